The number of unbranched alkanes of at least 4 members (excludes halogenated alkanes) is 1. The SMILES string of the molecule is CCCC.NC(=O)O.[Fe]. The number of rotatable bonds is 1. The van der Waals surface area contributed by atoms with E-state index >= 15 is 0 Å². The summed E-state index contributed by atoms with van der Waals surface area (Å²) in [5.41, 5.74) is 4.03. The molecule has 0 heterocycles. The summed E-state index contributed by atoms with van der Waals surface area (Å²) in [5.74, 6) is 0. The predicted molar refractivity (Wildman–Crippen MR) is 32.8 cm³/mol. The van der Waals surface area contributed by atoms with E-state index in [-0.39, 0.29) is 17.1 Å². The minimum Gasteiger partial charge on any atom is -0.465 e. The van der Waals surface area contributed by atoms with Gasteiger partial charge in [0.1, 0.15) is 0 Å². The zero-order valence-electron chi connectivity index (χ0n) is 5.70. The van der Waals surface area contributed by atoms with Crippen molar-refractivity contribution in [1.82, 2.24) is 0 Å². The Balaban J connectivity index is -0.0000000720. The van der Waals surface area contributed by atoms with Gasteiger partial charge in [-0.3, -0.25) is 0 Å². The van der Waals surface area contributed by atoms with Gasteiger partial charge in [-0.1, -0.05) is 26.7 Å². The first-order chi connectivity index (χ1) is 3.65. The molecule has 0 spiro atoms. The summed E-state index contributed by atoms with van der Waals surface area (Å²) >= 11 is 0. The normalized spacial score (nSPS) is 6.00. The van der Waals surface area contributed by atoms with Crippen molar-refractivity contribution in [3.8, 4) is 0 Å². The van der Waals surface area contributed by atoms with Crippen molar-refractivity contribution >= 4 is 6.09 Å². The van der Waals surface area contributed by atoms with Crippen LogP contribution in [0.2, 0.25) is 0 Å². The molecule has 0 saturated carbocycles. The maximum absolute atomic E-state index is 8.78. The zero-order chi connectivity index (χ0) is 6.99. The molecule has 0 aromatic rings. The molecule has 0 radical (unpaired) electrons. The molecule has 3 N–H and O–H groups in total. The molecule has 0 atom stereocenters. The summed E-state index contributed by atoms with van der Waals surface area (Å²) < 4.78 is 0. The Hall–Kier alpha value is -0.211. The van der Waals surface area contributed by atoms with Gasteiger partial charge < -0.3 is 10.8 Å². The Morgan fingerprint density at radius 3 is 1.56 bits per heavy atom. The van der Waals surface area contributed by atoms with Crippen LogP contribution in [-0.4, -0.2) is 11.2 Å². The van der Waals surface area contributed by atoms with Crippen LogP contribution in [0.3, 0.4) is 0 Å². The molecule has 0 saturated heterocycles. The van der Waals surface area contributed by atoms with E-state index in [1.54, 1.807) is 0 Å². The molecule has 0 aromatic heterocycles. The maximum Gasteiger partial charge on any atom is 0.402 e. The summed E-state index contributed by atoms with van der Waals surface area (Å²) in [7, 11) is 0. The molecule has 0 bridgehead atoms. The van der Waals surface area contributed by atoms with E-state index in [4.69, 9.17) is 9.90 Å². The van der Waals surface area contributed by atoms with Crippen molar-refractivity contribution < 1.29 is 27.0 Å². The van der Waals surface area contributed by atoms with Gasteiger partial charge in [0, 0.05) is 17.1 Å². The fourth-order valence-corrected chi connectivity index (χ4v) is 0. The molecule has 0 aliphatic carbocycles. The number of carboxylic acid groups (broad SMARTS) is 1. The average molecular weight is 175 g/mol. The minimum absolute atomic E-state index is 0. The second-order valence-corrected chi connectivity index (χ2v) is 1.34. The first-order valence-corrected chi connectivity index (χ1v) is 2.63. The van der Waals surface area contributed by atoms with Gasteiger partial charge in [0.15, 0.2) is 0 Å². The molecular weight excluding hydrogens is 162 g/mol. The molecule has 0 unspecified atom stereocenters. The molecule has 0 aliphatic rings. The van der Waals surface area contributed by atoms with E-state index in [1.807, 2.05) is 0 Å². The van der Waals surface area contributed by atoms with Gasteiger partial charge in [0.25, 0.3) is 0 Å². The summed E-state index contributed by atoms with van der Waals surface area (Å²) in [4.78, 5) is 8.78. The summed E-state index contributed by atoms with van der Waals surface area (Å²) in [6, 6.07) is 0. The maximum atomic E-state index is 8.78. The first-order valence-electron chi connectivity index (χ1n) is 2.63. The summed E-state index contributed by atoms with van der Waals surface area (Å²) in [6.45, 7) is 4.36. The van der Waals surface area contributed by atoms with Crippen LogP contribution in [0.5, 0.6) is 0 Å². The van der Waals surface area contributed by atoms with Crippen LogP contribution < -0.4 is 5.73 Å². The topological polar surface area (TPSA) is 63.3 Å². The molecule has 3 nitrogen and oxygen atoms in total. The Bertz CT molecular complexity index is 52.9. The predicted octanol–water partition coefficient (Wildman–Crippen LogP) is 1.43. The fraction of sp³-hybridized carbons (Fsp3) is 0.800. The number of hydrogen-bond acceptors (Lipinski definition) is 1. The van der Waals surface area contributed by atoms with E-state index in [0.29, 0.717) is 0 Å². The second-order valence-electron chi connectivity index (χ2n) is 1.34. The van der Waals surface area contributed by atoms with Crippen molar-refractivity contribution in [2.75, 3.05) is 0 Å². The largest absolute Gasteiger partial charge is 0.465 e. The Labute approximate surface area is 66.1 Å². The van der Waals surface area contributed by atoms with Gasteiger partial charge in [-0.25, -0.2) is 4.79 Å². The molecular formula is C5H13FeNO2. The van der Waals surface area contributed by atoms with Crippen molar-refractivity contribution in [2.24, 2.45) is 5.73 Å². The number of amides is 1. The minimum atomic E-state index is -1.33. The van der Waals surface area contributed by atoms with E-state index in [2.05, 4.69) is 19.6 Å². The monoisotopic (exact) mass is 175 g/mol. The van der Waals surface area contributed by atoms with Gasteiger partial charge >= 0.3 is 6.09 Å². The van der Waals surface area contributed by atoms with Crippen molar-refractivity contribution in [1.29, 1.82) is 0 Å². The van der Waals surface area contributed by atoms with E-state index in [0.717, 1.165) is 0 Å². The molecule has 0 fully saturated rings. The zero-order valence-corrected chi connectivity index (χ0v) is 6.80. The molecule has 9 heavy (non-hydrogen) atoms. The third-order valence-electron chi connectivity index (χ3n) is 0.500. The summed E-state index contributed by atoms with van der Waals surface area (Å²) in [6.07, 6.45) is 1.31. The number of carbonyl (C=O) groups is 1. The van der Waals surface area contributed by atoms with Crippen molar-refractivity contribution in [3.05, 3.63) is 0 Å². The van der Waals surface area contributed by atoms with Gasteiger partial charge in [-0.2, -0.15) is 0 Å². The smallest absolute Gasteiger partial charge is 0.402 e. The van der Waals surface area contributed by atoms with E-state index in [1.165, 1.54) is 12.8 Å². The fourth-order valence-electron chi connectivity index (χ4n) is 0. The van der Waals surface area contributed by atoms with E-state index < -0.39 is 6.09 Å². The second kappa shape index (κ2) is 15.7. The van der Waals surface area contributed by atoms with Crippen LogP contribution in [0.1, 0.15) is 26.7 Å². The molecule has 58 valence electrons. The van der Waals surface area contributed by atoms with Crippen LogP contribution >= 0.6 is 0 Å². The average Bonchev–Trinajstić information content (AvgIpc) is 1.65. The third-order valence-corrected chi connectivity index (χ3v) is 0.500. The van der Waals surface area contributed by atoms with Gasteiger partial charge in [0.05, 0.1) is 0 Å². The van der Waals surface area contributed by atoms with Crippen LogP contribution in [0.15, 0.2) is 0 Å². The summed E-state index contributed by atoms with van der Waals surface area (Å²) in [5, 5.41) is 7.19. The Kier molecular flexibility index (Phi) is 27.7. The van der Waals surface area contributed by atoms with Crippen LogP contribution in [0, 0.1) is 0 Å². The van der Waals surface area contributed by atoms with Crippen molar-refractivity contribution in [2.45, 2.75) is 26.7 Å². The molecule has 0 aliphatic heterocycles. The van der Waals surface area contributed by atoms with Crippen molar-refractivity contribution in [3.63, 3.8) is 0 Å². The van der Waals surface area contributed by atoms with Crippen LogP contribution in [0.4, 0.5) is 4.79 Å². The molecule has 4 heteroatoms. The number of primary amides is 1. The molecule has 1 amide bonds. The number of nitrogens with two attached hydrogens (primary N) is 1. The Morgan fingerprint density at radius 2 is 1.56 bits per heavy atom. The molecule has 0 rings (SSSR count). The quantitative estimate of drug-likeness (QED) is 0.592. The third kappa shape index (κ3) is 419. The number of hydrogen-bond donors (Lipinski definition) is 2. The standard InChI is InChI=1S/C4H10.CH3NO2.Fe/c1-3-4-2;2-1(3)4;/h3-4H2,1-2H3;2H2,(H,3,4);. The molecule has 0 aromatic carbocycles. The van der Waals surface area contributed by atoms with E-state index in [9.17, 15) is 0 Å². The van der Waals surface area contributed by atoms with Gasteiger partial charge in [0.2, 0.25) is 0 Å². The van der Waals surface area contributed by atoms with Gasteiger partial charge in [-0.15, -0.1) is 0 Å². The van der Waals surface area contributed by atoms with Crippen LogP contribution in [-0.2, 0) is 17.1 Å². The van der Waals surface area contributed by atoms with Crippen LogP contribution in [0.25, 0.3) is 0 Å². The first kappa shape index (κ1) is 15.9. The van der Waals surface area contributed by atoms with Gasteiger partial charge in [-0.05, 0) is 0 Å². The Morgan fingerprint density at radius 1 is 1.44 bits per heavy atom.